The monoisotopic (exact) mass is 259 g/mol. The van der Waals surface area contributed by atoms with Gasteiger partial charge in [-0.15, -0.1) is 0 Å². The van der Waals surface area contributed by atoms with E-state index in [4.69, 9.17) is 4.98 Å². The van der Waals surface area contributed by atoms with Crippen molar-refractivity contribution in [1.29, 1.82) is 0 Å². The number of anilines is 1. The number of nitrogens with zero attached hydrogens (tertiary/aromatic N) is 3. The first-order valence-corrected chi connectivity index (χ1v) is 7.83. The van der Waals surface area contributed by atoms with Crippen molar-refractivity contribution in [2.75, 3.05) is 31.1 Å². The molecule has 1 aromatic heterocycles. The van der Waals surface area contributed by atoms with E-state index in [1.54, 1.807) is 0 Å². The smallest absolute Gasteiger partial charge is 0.128 e. The number of hydrogen-bond donors (Lipinski definition) is 0. The van der Waals surface area contributed by atoms with Gasteiger partial charge in [0.2, 0.25) is 0 Å². The molecule has 2 aliphatic heterocycles. The van der Waals surface area contributed by atoms with Gasteiger partial charge in [-0.3, -0.25) is 4.90 Å². The van der Waals surface area contributed by atoms with Crippen LogP contribution in [0.1, 0.15) is 50.6 Å². The Morgan fingerprint density at radius 2 is 2.00 bits per heavy atom. The van der Waals surface area contributed by atoms with E-state index >= 15 is 0 Å². The third-order valence-corrected chi connectivity index (χ3v) is 4.46. The Labute approximate surface area is 116 Å². The standard InChI is InChI=1S/C16H25N3/c1-2-9-18-12-5-6-15(18)14-7-8-16(17-13-14)19-10-3-4-11-19/h7-8,13,15H,2-6,9-12H2,1H3. The minimum Gasteiger partial charge on any atom is -0.357 e. The molecule has 2 saturated heterocycles. The van der Waals surface area contributed by atoms with Crippen molar-refractivity contribution in [2.24, 2.45) is 0 Å². The molecule has 0 bridgehead atoms. The predicted octanol–water partition coefficient (Wildman–Crippen LogP) is 3.23. The zero-order chi connectivity index (χ0) is 13.1. The molecule has 1 unspecified atom stereocenters. The van der Waals surface area contributed by atoms with Gasteiger partial charge < -0.3 is 4.90 Å². The number of aromatic nitrogens is 1. The SMILES string of the molecule is CCCN1CCCC1c1ccc(N2CCCC2)nc1. The van der Waals surface area contributed by atoms with Crippen LogP contribution < -0.4 is 4.90 Å². The maximum Gasteiger partial charge on any atom is 0.128 e. The lowest BCUT2D eigenvalue weighted by atomic mass is 10.1. The van der Waals surface area contributed by atoms with E-state index in [-0.39, 0.29) is 0 Å². The van der Waals surface area contributed by atoms with Gasteiger partial charge in [0.25, 0.3) is 0 Å². The van der Waals surface area contributed by atoms with E-state index in [1.165, 1.54) is 69.7 Å². The Balaban J connectivity index is 1.71. The third-order valence-electron chi connectivity index (χ3n) is 4.46. The zero-order valence-electron chi connectivity index (χ0n) is 12.0. The van der Waals surface area contributed by atoms with Crippen molar-refractivity contribution < 1.29 is 0 Å². The molecule has 0 saturated carbocycles. The summed E-state index contributed by atoms with van der Waals surface area (Å²) >= 11 is 0. The minimum atomic E-state index is 0.611. The first-order valence-electron chi connectivity index (χ1n) is 7.83. The van der Waals surface area contributed by atoms with Gasteiger partial charge >= 0.3 is 0 Å². The van der Waals surface area contributed by atoms with Gasteiger partial charge in [0, 0.05) is 25.3 Å². The van der Waals surface area contributed by atoms with Crippen LogP contribution in [0.15, 0.2) is 18.3 Å². The molecule has 3 heterocycles. The Hall–Kier alpha value is -1.09. The quantitative estimate of drug-likeness (QED) is 0.827. The highest BCUT2D eigenvalue weighted by atomic mass is 15.2. The Kier molecular flexibility index (Phi) is 4.02. The van der Waals surface area contributed by atoms with Crippen LogP contribution in [-0.2, 0) is 0 Å². The van der Waals surface area contributed by atoms with Gasteiger partial charge in [0.15, 0.2) is 0 Å². The maximum atomic E-state index is 4.70. The molecular formula is C16H25N3. The molecule has 0 radical (unpaired) electrons. The van der Waals surface area contributed by atoms with Crippen LogP contribution in [0.2, 0.25) is 0 Å². The molecule has 1 aromatic rings. The molecule has 0 amide bonds. The second-order valence-electron chi connectivity index (χ2n) is 5.84. The molecule has 0 N–H and O–H groups in total. The lowest BCUT2D eigenvalue weighted by Gasteiger charge is -2.24. The number of pyridine rings is 1. The molecule has 1 atom stereocenters. The second kappa shape index (κ2) is 5.91. The summed E-state index contributed by atoms with van der Waals surface area (Å²) < 4.78 is 0. The molecule has 2 aliphatic rings. The fourth-order valence-corrected chi connectivity index (χ4v) is 3.49. The third kappa shape index (κ3) is 2.76. The molecular weight excluding hydrogens is 234 g/mol. The lowest BCUT2D eigenvalue weighted by molar-refractivity contribution is 0.257. The number of rotatable bonds is 4. The highest BCUT2D eigenvalue weighted by Gasteiger charge is 2.25. The van der Waals surface area contributed by atoms with Crippen molar-refractivity contribution in [3.8, 4) is 0 Å². The first-order chi connectivity index (χ1) is 9.38. The summed E-state index contributed by atoms with van der Waals surface area (Å²) in [5, 5.41) is 0. The number of hydrogen-bond acceptors (Lipinski definition) is 3. The highest BCUT2D eigenvalue weighted by Crippen LogP contribution is 2.32. The normalized spacial score (nSPS) is 24.3. The summed E-state index contributed by atoms with van der Waals surface area (Å²) in [5.74, 6) is 1.17. The summed E-state index contributed by atoms with van der Waals surface area (Å²) in [5.41, 5.74) is 1.41. The summed E-state index contributed by atoms with van der Waals surface area (Å²) in [6.45, 7) is 7.10. The molecule has 3 nitrogen and oxygen atoms in total. The van der Waals surface area contributed by atoms with E-state index in [0.717, 1.165) is 0 Å². The predicted molar refractivity (Wildman–Crippen MR) is 79.5 cm³/mol. The van der Waals surface area contributed by atoms with Gasteiger partial charge in [-0.1, -0.05) is 13.0 Å². The molecule has 104 valence electrons. The van der Waals surface area contributed by atoms with Crippen molar-refractivity contribution in [3.05, 3.63) is 23.9 Å². The van der Waals surface area contributed by atoms with Gasteiger partial charge in [-0.05, 0) is 56.8 Å². The Morgan fingerprint density at radius 3 is 2.68 bits per heavy atom. The summed E-state index contributed by atoms with van der Waals surface area (Å²) in [4.78, 5) is 9.72. The van der Waals surface area contributed by atoms with Crippen molar-refractivity contribution in [3.63, 3.8) is 0 Å². The lowest BCUT2D eigenvalue weighted by Crippen LogP contribution is -2.24. The van der Waals surface area contributed by atoms with Gasteiger partial charge in [-0.2, -0.15) is 0 Å². The van der Waals surface area contributed by atoms with E-state index in [0.29, 0.717) is 6.04 Å². The molecule has 0 spiro atoms. The molecule has 19 heavy (non-hydrogen) atoms. The largest absolute Gasteiger partial charge is 0.357 e. The molecule has 2 fully saturated rings. The highest BCUT2D eigenvalue weighted by molar-refractivity contribution is 5.40. The van der Waals surface area contributed by atoms with Crippen LogP contribution in [0.5, 0.6) is 0 Å². The second-order valence-corrected chi connectivity index (χ2v) is 5.84. The van der Waals surface area contributed by atoms with Gasteiger partial charge in [0.1, 0.15) is 5.82 Å². The Morgan fingerprint density at radius 1 is 1.16 bits per heavy atom. The van der Waals surface area contributed by atoms with Crippen LogP contribution in [0.3, 0.4) is 0 Å². The Bertz CT molecular complexity index is 395. The average Bonchev–Trinajstić information content (AvgIpc) is 3.10. The van der Waals surface area contributed by atoms with E-state index in [1.807, 2.05) is 0 Å². The summed E-state index contributed by atoms with van der Waals surface area (Å²) in [7, 11) is 0. The van der Waals surface area contributed by atoms with Crippen LogP contribution >= 0.6 is 0 Å². The van der Waals surface area contributed by atoms with Crippen molar-refractivity contribution in [1.82, 2.24) is 9.88 Å². The zero-order valence-corrected chi connectivity index (χ0v) is 12.0. The topological polar surface area (TPSA) is 19.4 Å². The van der Waals surface area contributed by atoms with Gasteiger partial charge in [-0.25, -0.2) is 4.98 Å². The molecule has 3 heteroatoms. The molecule has 3 rings (SSSR count). The summed E-state index contributed by atoms with van der Waals surface area (Å²) in [6.07, 6.45) is 8.62. The van der Waals surface area contributed by atoms with E-state index in [9.17, 15) is 0 Å². The van der Waals surface area contributed by atoms with Crippen molar-refractivity contribution >= 4 is 5.82 Å². The molecule has 0 aromatic carbocycles. The van der Waals surface area contributed by atoms with Crippen LogP contribution in [0.25, 0.3) is 0 Å². The van der Waals surface area contributed by atoms with Crippen molar-refractivity contribution in [2.45, 2.75) is 45.1 Å². The fraction of sp³-hybridized carbons (Fsp3) is 0.688. The van der Waals surface area contributed by atoms with Gasteiger partial charge in [0.05, 0.1) is 0 Å². The van der Waals surface area contributed by atoms with E-state index < -0.39 is 0 Å². The molecule has 0 aliphatic carbocycles. The van der Waals surface area contributed by atoms with Crippen LogP contribution in [0.4, 0.5) is 5.82 Å². The fourth-order valence-electron chi connectivity index (χ4n) is 3.49. The number of likely N-dealkylation sites (tertiary alicyclic amines) is 1. The maximum absolute atomic E-state index is 4.70. The van der Waals surface area contributed by atoms with Crippen LogP contribution in [0, 0.1) is 0 Å². The van der Waals surface area contributed by atoms with Crippen LogP contribution in [-0.4, -0.2) is 36.1 Å². The summed E-state index contributed by atoms with van der Waals surface area (Å²) in [6, 6.07) is 5.14. The minimum absolute atomic E-state index is 0.611. The first kappa shape index (κ1) is 12.9. The van der Waals surface area contributed by atoms with E-state index in [2.05, 4.69) is 35.1 Å². The average molecular weight is 259 g/mol.